The molecule has 2 rings (SSSR count). The van der Waals surface area contributed by atoms with Gasteiger partial charge in [-0.3, -0.25) is 4.79 Å². The highest BCUT2D eigenvalue weighted by Gasteiger charge is 2.17. The number of aryl methyl sites for hydroxylation is 1. The van der Waals surface area contributed by atoms with Gasteiger partial charge in [0, 0.05) is 12.1 Å². The molecule has 1 N–H and O–H groups in total. The van der Waals surface area contributed by atoms with E-state index >= 15 is 0 Å². The molecule has 0 radical (unpaired) electrons. The fraction of sp³-hybridized carbons (Fsp3) is 0.231. The summed E-state index contributed by atoms with van der Waals surface area (Å²) < 4.78 is 35.8. The van der Waals surface area contributed by atoms with Gasteiger partial charge < -0.3 is 14.6 Å². The van der Waals surface area contributed by atoms with E-state index in [1.54, 1.807) is 13.0 Å². The lowest BCUT2D eigenvalue weighted by Gasteiger charge is -2.13. The van der Waals surface area contributed by atoms with Crippen LogP contribution in [0.25, 0.3) is 0 Å². The molecule has 0 saturated carbocycles. The van der Waals surface area contributed by atoms with Crippen molar-refractivity contribution in [2.24, 2.45) is 0 Å². The Bertz CT molecular complexity index is 628. The highest BCUT2D eigenvalue weighted by molar-refractivity contribution is 5.93. The van der Waals surface area contributed by atoms with Gasteiger partial charge >= 0.3 is 0 Å². The third-order valence-electron chi connectivity index (χ3n) is 2.45. The van der Waals surface area contributed by atoms with Gasteiger partial charge in [-0.15, -0.1) is 0 Å². The number of carbonyl (C=O) groups is 1. The van der Waals surface area contributed by atoms with Crippen molar-refractivity contribution in [3.05, 3.63) is 41.7 Å². The van der Waals surface area contributed by atoms with Gasteiger partial charge in [0.1, 0.15) is 11.5 Å². The van der Waals surface area contributed by atoms with Crippen LogP contribution in [0.5, 0.6) is 5.75 Å². The van der Waals surface area contributed by atoms with E-state index in [1.165, 1.54) is 13.0 Å². The van der Waals surface area contributed by atoms with Crippen molar-refractivity contribution >= 4 is 11.7 Å². The summed E-state index contributed by atoms with van der Waals surface area (Å²) in [6, 6.07) is 4.58. The van der Waals surface area contributed by atoms with Gasteiger partial charge in [0.15, 0.2) is 23.6 Å². The number of benzene rings is 1. The number of aromatic nitrogens is 1. The number of rotatable bonds is 4. The molecule has 0 unspecified atom stereocenters. The van der Waals surface area contributed by atoms with Gasteiger partial charge in [-0.2, -0.15) is 0 Å². The molecule has 0 fully saturated rings. The quantitative estimate of drug-likeness (QED) is 0.936. The first-order valence-electron chi connectivity index (χ1n) is 5.81. The monoisotopic (exact) mass is 282 g/mol. The summed E-state index contributed by atoms with van der Waals surface area (Å²) in [5.41, 5.74) is 0. The lowest BCUT2D eigenvalue weighted by Crippen LogP contribution is -2.30. The fourth-order valence-electron chi connectivity index (χ4n) is 1.46. The average Bonchev–Trinajstić information content (AvgIpc) is 2.79. The highest BCUT2D eigenvalue weighted by atomic mass is 19.2. The van der Waals surface area contributed by atoms with Gasteiger partial charge in [-0.1, -0.05) is 5.16 Å². The molecule has 1 aromatic heterocycles. The Morgan fingerprint density at radius 1 is 1.35 bits per heavy atom. The maximum absolute atomic E-state index is 13.0. The zero-order chi connectivity index (χ0) is 14.7. The highest BCUT2D eigenvalue weighted by Crippen LogP contribution is 2.17. The van der Waals surface area contributed by atoms with E-state index in [-0.39, 0.29) is 11.6 Å². The van der Waals surface area contributed by atoms with E-state index in [0.29, 0.717) is 5.76 Å². The Kier molecular flexibility index (Phi) is 3.97. The molecule has 20 heavy (non-hydrogen) atoms. The predicted octanol–water partition coefficient (Wildman–Crippen LogP) is 2.67. The number of anilines is 1. The third kappa shape index (κ3) is 3.31. The smallest absolute Gasteiger partial charge is 0.266 e. The van der Waals surface area contributed by atoms with Gasteiger partial charge in [-0.05, 0) is 26.0 Å². The summed E-state index contributed by atoms with van der Waals surface area (Å²) in [7, 11) is 0. The summed E-state index contributed by atoms with van der Waals surface area (Å²) in [6.07, 6.45) is -0.906. The largest absolute Gasteiger partial charge is 0.481 e. The Morgan fingerprint density at radius 3 is 2.70 bits per heavy atom. The molecule has 0 spiro atoms. The second kappa shape index (κ2) is 5.68. The first-order chi connectivity index (χ1) is 9.45. The lowest BCUT2D eigenvalue weighted by molar-refractivity contribution is -0.122. The van der Waals surface area contributed by atoms with E-state index in [0.717, 1.165) is 12.1 Å². The van der Waals surface area contributed by atoms with E-state index in [2.05, 4.69) is 10.5 Å². The summed E-state index contributed by atoms with van der Waals surface area (Å²) in [5.74, 6) is -1.64. The van der Waals surface area contributed by atoms with Gasteiger partial charge in [0.05, 0.1) is 0 Å². The second-order valence-corrected chi connectivity index (χ2v) is 4.15. The van der Waals surface area contributed by atoms with Crippen molar-refractivity contribution in [3.63, 3.8) is 0 Å². The van der Waals surface area contributed by atoms with Crippen molar-refractivity contribution in [3.8, 4) is 5.75 Å². The summed E-state index contributed by atoms with van der Waals surface area (Å²) in [6.45, 7) is 3.16. The van der Waals surface area contributed by atoms with Gasteiger partial charge in [0.25, 0.3) is 5.91 Å². The molecular weight excluding hydrogens is 270 g/mol. The molecule has 2 aromatic rings. The molecule has 1 atom stereocenters. The number of nitrogens with zero attached hydrogens (tertiary/aromatic N) is 1. The maximum atomic E-state index is 13.0. The fourth-order valence-corrected chi connectivity index (χ4v) is 1.46. The minimum atomic E-state index is -1.04. The Morgan fingerprint density at radius 2 is 2.10 bits per heavy atom. The van der Waals surface area contributed by atoms with Crippen LogP contribution in [0, 0.1) is 18.6 Å². The number of hydrogen-bond donors (Lipinski definition) is 1. The van der Waals surface area contributed by atoms with Crippen molar-refractivity contribution in [2.75, 3.05) is 5.32 Å². The minimum Gasteiger partial charge on any atom is -0.481 e. The lowest BCUT2D eigenvalue weighted by atomic mass is 10.3. The van der Waals surface area contributed by atoms with E-state index < -0.39 is 23.6 Å². The number of ether oxygens (including phenoxy) is 1. The Labute approximate surface area is 113 Å². The number of carbonyl (C=O) groups excluding carboxylic acids is 1. The molecule has 0 bridgehead atoms. The summed E-state index contributed by atoms with van der Waals surface area (Å²) in [5, 5.41) is 6.07. The first-order valence-corrected chi connectivity index (χ1v) is 5.81. The molecule has 0 aliphatic heterocycles. The molecule has 106 valence electrons. The van der Waals surface area contributed by atoms with Gasteiger partial charge in [-0.25, -0.2) is 8.78 Å². The molecule has 7 heteroatoms. The Balaban J connectivity index is 1.98. The van der Waals surface area contributed by atoms with Crippen LogP contribution in [0.15, 0.2) is 28.8 Å². The van der Waals surface area contributed by atoms with Crippen molar-refractivity contribution < 1.29 is 22.8 Å². The zero-order valence-corrected chi connectivity index (χ0v) is 10.8. The zero-order valence-electron chi connectivity index (χ0n) is 10.8. The van der Waals surface area contributed by atoms with Crippen LogP contribution in [-0.4, -0.2) is 17.2 Å². The third-order valence-corrected chi connectivity index (χ3v) is 2.45. The summed E-state index contributed by atoms with van der Waals surface area (Å²) in [4.78, 5) is 11.8. The van der Waals surface area contributed by atoms with Crippen LogP contribution < -0.4 is 10.1 Å². The molecular formula is C13H12F2N2O3. The molecule has 5 nitrogen and oxygen atoms in total. The summed E-state index contributed by atoms with van der Waals surface area (Å²) >= 11 is 0. The van der Waals surface area contributed by atoms with E-state index in [4.69, 9.17) is 9.26 Å². The molecule has 0 aliphatic carbocycles. The number of hydrogen-bond acceptors (Lipinski definition) is 4. The standard InChI is InChI=1S/C13H12F2N2O3/c1-7-5-12(17-20-7)16-13(18)8(2)19-9-3-4-10(14)11(15)6-9/h3-6,8H,1-2H3,(H,16,17,18)/t8-/m0/s1. The minimum absolute atomic E-state index is 0.0582. The SMILES string of the molecule is Cc1cc(NC(=O)[C@H](C)Oc2ccc(F)c(F)c2)no1. The van der Waals surface area contributed by atoms with Crippen LogP contribution in [0.4, 0.5) is 14.6 Å². The topological polar surface area (TPSA) is 64.4 Å². The van der Waals surface area contributed by atoms with Crippen molar-refractivity contribution in [2.45, 2.75) is 20.0 Å². The van der Waals surface area contributed by atoms with E-state index in [1.807, 2.05) is 0 Å². The molecule has 0 saturated heterocycles. The molecule has 1 amide bonds. The van der Waals surface area contributed by atoms with Gasteiger partial charge in [0.2, 0.25) is 0 Å². The maximum Gasteiger partial charge on any atom is 0.266 e. The number of amides is 1. The van der Waals surface area contributed by atoms with Crippen LogP contribution in [-0.2, 0) is 4.79 Å². The average molecular weight is 282 g/mol. The first kappa shape index (κ1) is 14.0. The molecule has 1 heterocycles. The van der Waals surface area contributed by atoms with E-state index in [9.17, 15) is 13.6 Å². The van der Waals surface area contributed by atoms with Crippen LogP contribution >= 0.6 is 0 Å². The van der Waals surface area contributed by atoms with Crippen molar-refractivity contribution in [1.29, 1.82) is 0 Å². The van der Waals surface area contributed by atoms with Crippen LogP contribution in [0.2, 0.25) is 0 Å². The Hall–Kier alpha value is -2.44. The molecule has 1 aromatic carbocycles. The number of halogens is 2. The normalized spacial score (nSPS) is 12.0. The van der Waals surface area contributed by atoms with Crippen molar-refractivity contribution in [1.82, 2.24) is 5.16 Å². The predicted molar refractivity (Wildman–Crippen MR) is 66.3 cm³/mol. The second-order valence-electron chi connectivity index (χ2n) is 4.15. The number of nitrogens with one attached hydrogen (secondary N) is 1. The van der Waals surface area contributed by atoms with Crippen LogP contribution in [0.1, 0.15) is 12.7 Å². The van der Waals surface area contributed by atoms with Crippen LogP contribution in [0.3, 0.4) is 0 Å². The molecule has 0 aliphatic rings.